The van der Waals surface area contributed by atoms with Gasteiger partial charge in [-0.3, -0.25) is 14.6 Å². The second-order valence-corrected chi connectivity index (χ2v) is 8.79. The Morgan fingerprint density at radius 1 is 1.12 bits per heavy atom. The van der Waals surface area contributed by atoms with Crippen LogP contribution in [0.4, 0.5) is 5.82 Å². The van der Waals surface area contributed by atoms with Crippen molar-refractivity contribution in [1.82, 2.24) is 39.6 Å². The number of anilines is 1. The van der Waals surface area contributed by atoms with Gasteiger partial charge in [0, 0.05) is 35.8 Å². The Balaban J connectivity index is 1.40. The lowest BCUT2D eigenvalue weighted by molar-refractivity contribution is -0.113. The maximum Gasteiger partial charge on any atom is 0.236 e. The fourth-order valence-electron chi connectivity index (χ4n) is 3.67. The second kappa shape index (κ2) is 8.66. The zero-order valence-corrected chi connectivity index (χ0v) is 19.3. The maximum atomic E-state index is 12.4. The average Bonchev–Trinajstić information content (AvgIpc) is 3.49. The third-order valence-corrected chi connectivity index (χ3v) is 6.08. The van der Waals surface area contributed by atoms with Crippen LogP contribution in [-0.4, -0.2) is 51.2 Å². The molecule has 168 valence electrons. The van der Waals surface area contributed by atoms with Crippen LogP contribution in [-0.2, 0) is 17.8 Å². The summed E-state index contributed by atoms with van der Waals surface area (Å²) in [6, 6.07) is 11.7. The summed E-state index contributed by atoms with van der Waals surface area (Å²) in [6.07, 6.45) is 0.640. The van der Waals surface area contributed by atoms with Gasteiger partial charge in [0.05, 0.1) is 17.0 Å². The molecule has 0 saturated carbocycles. The van der Waals surface area contributed by atoms with Gasteiger partial charge in [0.2, 0.25) is 5.91 Å². The van der Waals surface area contributed by atoms with Crippen LogP contribution >= 0.6 is 11.8 Å². The largest absolute Gasteiger partial charge is 0.308 e. The minimum Gasteiger partial charge on any atom is -0.308 e. The van der Waals surface area contributed by atoms with Gasteiger partial charge in [-0.2, -0.15) is 14.7 Å². The monoisotopic (exact) mass is 461 g/mol. The van der Waals surface area contributed by atoms with Gasteiger partial charge in [-0.15, -0.1) is 5.10 Å². The van der Waals surface area contributed by atoms with E-state index in [1.54, 1.807) is 10.6 Å². The number of amides is 1. The van der Waals surface area contributed by atoms with Gasteiger partial charge in [-0.1, -0.05) is 23.9 Å². The highest BCUT2D eigenvalue weighted by Crippen LogP contribution is 2.24. The number of hydrogen-bond acceptors (Lipinski definition) is 7. The number of hydrogen-bond donors (Lipinski definition) is 2. The lowest BCUT2D eigenvalue weighted by Gasteiger charge is -2.06. The molecule has 33 heavy (non-hydrogen) atoms. The Hall–Kier alpha value is -3.73. The predicted octanol–water partition coefficient (Wildman–Crippen LogP) is 3.10. The lowest BCUT2D eigenvalue weighted by atomic mass is 10.2. The Kier molecular flexibility index (Phi) is 5.55. The smallest absolute Gasteiger partial charge is 0.236 e. The molecule has 0 fully saturated rings. The number of carbonyl (C=O) groups is 1. The third kappa shape index (κ3) is 4.44. The van der Waals surface area contributed by atoms with Crippen LogP contribution in [0.15, 0.2) is 41.6 Å². The Morgan fingerprint density at radius 2 is 1.97 bits per heavy atom. The topological polar surface area (TPSA) is 119 Å². The molecule has 10 nitrogen and oxygen atoms in total. The molecule has 4 heterocycles. The van der Waals surface area contributed by atoms with Crippen LogP contribution < -0.4 is 5.32 Å². The summed E-state index contributed by atoms with van der Waals surface area (Å²) in [5.41, 5.74) is 4.53. The summed E-state index contributed by atoms with van der Waals surface area (Å²) in [7, 11) is 0. The van der Waals surface area contributed by atoms with E-state index in [9.17, 15) is 4.79 Å². The summed E-state index contributed by atoms with van der Waals surface area (Å²) in [6.45, 7) is 6.59. The van der Waals surface area contributed by atoms with Crippen molar-refractivity contribution >= 4 is 40.0 Å². The molecule has 1 aromatic carbocycles. The highest BCUT2D eigenvalue weighted by Gasteiger charge is 2.16. The van der Waals surface area contributed by atoms with Gasteiger partial charge >= 0.3 is 0 Å². The molecule has 2 N–H and O–H groups in total. The number of aryl methyl sites for hydroxylation is 5. The van der Waals surface area contributed by atoms with Crippen LogP contribution in [0, 0.1) is 20.8 Å². The van der Waals surface area contributed by atoms with E-state index in [-0.39, 0.29) is 11.7 Å². The van der Waals surface area contributed by atoms with Gasteiger partial charge in [0.1, 0.15) is 0 Å². The van der Waals surface area contributed by atoms with Crippen molar-refractivity contribution in [1.29, 1.82) is 0 Å². The molecule has 0 spiro atoms. The molecular weight excluding hydrogens is 438 g/mol. The van der Waals surface area contributed by atoms with E-state index in [0.29, 0.717) is 29.8 Å². The van der Waals surface area contributed by atoms with Crippen LogP contribution in [0.25, 0.3) is 16.6 Å². The summed E-state index contributed by atoms with van der Waals surface area (Å²) >= 11 is 1.31. The first-order valence-corrected chi connectivity index (χ1v) is 11.5. The van der Waals surface area contributed by atoms with E-state index in [1.165, 1.54) is 11.8 Å². The summed E-state index contributed by atoms with van der Waals surface area (Å²) in [4.78, 5) is 22.0. The van der Waals surface area contributed by atoms with Crippen molar-refractivity contribution in [2.75, 3.05) is 11.1 Å². The van der Waals surface area contributed by atoms with Crippen molar-refractivity contribution in [3.05, 3.63) is 59.3 Å². The molecule has 11 heteroatoms. The fraction of sp³-hybridized carbons (Fsp3) is 0.273. The first kappa shape index (κ1) is 21.1. The van der Waals surface area contributed by atoms with E-state index >= 15 is 0 Å². The number of nitrogens with zero attached hydrogens (tertiary/aromatic N) is 7. The van der Waals surface area contributed by atoms with Crippen molar-refractivity contribution in [3.63, 3.8) is 0 Å². The SMILES string of the molecule is Cc1cc(C)n(CCc2nc3c4ccccc4nc(SCC(=O)Nc4cc(C)[nH]n4)n3n2)n1. The van der Waals surface area contributed by atoms with Gasteiger partial charge in [0.15, 0.2) is 22.4 Å². The number of nitrogens with one attached hydrogen (secondary N) is 2. The van der Waals surface area contributed by atoms with Crippen molar-refractivity contribution < 1.29 is 4.79 Å². The second-order valence-electron chi connectivity index (χ2n) is 7.85. The number of rotatable bonds is 7. The number of aromatic nitrogens is 8. The summed E-state index contributed by atoms with van der Waals surface area (Å²) < 4.78 is 3.70. The molecule has 5 aromatic rings. The van der Waals surface area contributed by atoms with E-state index in [2.05, 4.69) is 26.7 Å². The number of carbonyl (C=O) groups excluding carboxylic acids is 1. The van der Waals surface area contributed by atoms with Gasteiger partial charge in [-0.25, -0.2) is 9.97 Å². The molecule has 5 rings (SSSR count). The van der Waals surface area contributed by atoms with E-state index in [1.807, 2.05) is 49.7 Å². The van der Waals surface area contributed by atoms with Crippen LogP contribution in [0.5, 0.6) is 0 Å². The van der Waals surface area contributed by atoms with Gasteiger partial charge in [0.25, 0.3) is 0 Å². The molecule has 0 radical (unpaired) electrons. The molecule has 1 amide bonds. The normalized spacial score (nSPS) is 11.5. The highest BCUT2D eigenvalue weighted by atomic mass is 32.2. The maximum absolute atomic E-state index is 12.4. The van der Waals surface area contributed by atoms with Gasteiger partial charge < -0.3 is 5.32 Å². The number of benzene rings is 1. The Bertz CT molecular complexity index is 1470. The zero-order chi connectivity index (χ0) is 22.9. The molecule has 0 unspecified atom stereocenters. The number of H-pyrrole nitrogens is 1. The van der Waals surface area contributed by atoms with Crippen molar-refractivity contribution in [2.45, 2.75) is 38.9 Å². The molecule has 0 atom stereocenters. The first-order valence-electron chi connectivity index (χ1n) is 10.6. The lowest BCUT2D eigenvalue weighted by Crippen LogP contribution is -2.15. The number of para-hydroxylation sites is 1. The standard InChI is InChI=1S/C22H23N9OS/c1-13-11-19(27-26-13)24-20(32)12-33-22-23-17-7-5-4-6-16(17)21-25-18(29-31(21)22)8-9-30-15(3)10-14(2)28-30/h4-7,10-11H,8-9,12H2,1-3H3,(H2,24,26,27,32). The Morgan fingerprint density at radius 3 is 2.73 bits per heavy atom. The first-order chi connectivity index (χ1) is 16.0. The fourth-order valence-corrected chi connectivity index (χ4v) is 4.42. The van der Waals surface area contributed by atoms with E-state index in [0.717, 1.165) is 33.6 Å². The Labute approximate surface area is 193 Å². The molecule has 0 aliphatic heterocycles. The molecule has 4 aromatic heterocycles. The number of thioether (sulfide) groups is 1. The molecule has 0 aliphatic carbocycles. The van der Waals surface area contributed by atoms with E-state index in [4.69, 9.17) is 15.1 Å². The average molecular weight is 462 g/mol. The minimum atomic E-state index is -0.167. The number of aromatic amines is 1. The summed E-state index contributed by atoms with van der Waals surface area (Å²) in [5.74, 6) is 1.22. The van der Waals surface area contributed by atoms with Crippen molar-refractivity contribution in [2.24, 2.45) is 0 Å². The van der Waals surface area contributed by atoms with Crippen LogP contribution in [0.3, 0.4) is 0 Å². The number of fused-ring (bicyclic) bond motifs is 3. The third-order valence-electron chi connectivity index (χ3n) is 5.15. The molecule has 0 bridgehead atoms. The molecule has 0 aliphatic rings. The minimum absolute atomic E-state index is 0.167. The predicted molar refractivity (Wildman–Crippen MR) is 126 cm³/mol. The zero-order valence-electron chi connectivity index (χ0n) is 18.5. The van der Waals surface area contributed by atoms with Crippen LogP contribution in [0.2, 0.25) is 0 Å². The van der Waals surface area contributed by atoms with Gasteiger partial charge in [-0.05, 0) is 39.0 Å². The highest BCUT2D eigenvalue weighted by molar-refractivity contribution is 7.99. The molecule has 0 saturated heterocycles. The van der Waals surface area contributed by atoms with Crippen LogP contribution in [0.1, 0.15) is 22.9 Å². The van der Waals surface area contributed by atoms with Crippen molar-refractivity contribution in [3.8, 4) is 0 Å². The van der Waals surface area contributed by atoms with E-state index < -0.39 is 0 Å². The summed E-state index contributed by atoms with van der Waals surface area (Å²) in [5, 5.41) is 20.4. The molecular formula is C22H23N9OS. The quantitative estimate of drug-likeness (QED) is 0.282.